The van der Waals surface area contributed by atoms with E-state index in [0.29, 0.717) is 6.04 Å². The van der Waals surface area contributed by atoms with Gasteiger partial charge in [0.15, 0.2) is 5.82 Å². The zero-order valence-electron chi connectivity index (χ0n) is 12.7. The molecule has 1 N–H and O–H groups in total. The van der Waals surface area contributed by atoms with Gasteiger partial charge >= 0.3 is 0 Å². The maximum absolute atomic E-state index is 4.75. The van der Waals surface area contributed by atoms with Crippen LogP contribution in [0.4, 0.5) is 11.6 Å². The summed E-state index contributed by atoms with van der Waals surface area (Å²) < 4.78 is 0. The maximum Gasteiger partial charge on any atom is 0.163 e. The lowest BCUT2D eigenvalue weighted by Gasteiger charge is -2.19. The van der Waals surface area contributed by atoms with Crippen LogP contribution in [0.3, 0.4) is 0 Å². The van der Waals surface area contributed by atoms with Crippen LogP contribution >= 0.6 is 0 Å². The number of hydrogen-bond donors (Lipinski definition) is 1. The van der Waals surface area contributed by atoms with E-state index in [9.17, 15) is 0 Å². The molecule has 1 fully saturated rings. The molecule has 4 heteroatoms. The van der Waals surface area contributed by atoms with Crippen molar-refractivity contribution >= 4 is 11.6 Å². The van der Waals surface area contributed by atoms with Crippen molar-refractivity contribution in [2.24, 2.45) is 0 Å². The van der Waals surface area contributed by atoms with Gasteiger partial charge in [-0.05, 0) is 19.3 Å². The van der Waals surface area contributed by atoms with Crippen molar-refractivity contribution in [1.82, 2.24) is 9.97 Å². The Balaban J connectivity index is 1.95. The summed E-state index contributed by atoms with van der Waals surface area (Å²) in [5.74, 6) is 2.71. The summed E-state index contributed by atoms with van der Waals surface area (Å²) in [5, 5.41) is 3.38. The molecule has 2 aromatic rings. The van der Waals surface area contributed by atoms with Gasteiger partial charge in [0.1, 0.15) is 11.6 Å². The molecular weight excluding hydrogens is 260 g/mol. The SMILES string of the molecule is CCCNc1cc(N(C)C2CC2)nc(-c2ccccc2)n1. The largest absolute Gasteiger partial charge is 0.370 e. The topological polar surface area (TPSA) is 41.0 Å². The van der Waals surface area contributed by atoms with Crippen LogP contribution in [0.2, 0.25) is 0 Å². The van der Waals surface area contributed by atoms with E-state index in [2.05, 4.69) is 47.4 Å². The summed E-state index contributed by atoms with van der Waals surface area (Å²) in [6, 6.07) is 12.9. The maximum atomic E-state index is 4.75. The Labute approximate surface area is 126 Å². The number of rotatable bonds is 6. The van der Waals surface area contributed by atoms with E-state index in [4.69, 9.17) is 4.98 Å². The molecule has 0 radical (unpaired) electrons. The highest BCUT2D eigenvalue weighted by Gasteiger charge is 2.27. The smallest absolute Gasteiger partial charge is 0.163 e. The summed E-state index contributed by atoms with van der Waals surface area (Å²) in [4.78, 5) is 11.7. The second kappa shape index (κ2) is 6.12. The van der Waals surface area contributed by atoms with Gasteiger partial charge in [0.05, 0.1) is 0 Å². The fourth-order valence-corrected chi connectivity index (χ4v) is 2.32. The molecule has 0 amide bonds. The minimum absolute atomic E-state index is 0.641. The van der Waals surface area contributed by atoms with E-state index in [-0.39, 0.29) is 0 Å². The first-order valence-electron chi connectivity index (χ1n) is 7.69. The number of benzene rings is 1. The molecule has 1 aliphatic carbocycles. The van der Waals surface area contributed by atoms with E-state index in [1.165, 1.54) is 12.8 Å². The molecule has 1 saturated carbocycles. The third-order valence-electron chi connectivity index (χ3n) is 3.76. The van der Waals surface area contributed by atoms with Crippen LogP contribution in [0.5, 0.6) is 0 Å². The fourth-order valence-electron chi connectivity index (χ4n) is 2.32. The third kappa shape index (κ3) is 3.32. The van der Waals surface area contributed by atoms with Gasteiger partial charge in [-0.3, -0.25) is 0 Å². The van der Waals surface area contributed by atoms with Crippen LogP contribution in [0.25, 0.3) is 11.4 Å². The molecule has 1 heterocycles. The molecule has 1 aromatic carbocycles. The predicted molar refractivity (Wildman–Crippen MR) is 87.7 cm³/mol. The Morgan fingerprint density at radius 3 is 2.62 bits per heavy atom. The minimum atomic E-state index is 0.641. The Morgan fingerprint density at radius 2 is 1.95 bits per heavy atom. The molecule has 0 saturated heterocycles. The van der Waals surface area contributed by atoms with E-state index >= 15 is 0 Å². The number of anilines is 2. The van der Waals surface area contributed by atoms with Crippen molar-refractivity contribution in [2.75, 3.05) is 23.8 Å². The first kappa shape index (κ1) is 13.9. The van der Waals surface area contributed by atoms with E-state index in [1.54, 1.807) is 0 Å². The van der Waals surface area contributed by atoms with Crippen molar-refractivity contribution in [2.45, 2.75) is 32.2 Å². The summed E-state index contributed by atoms with van der Waals surface area (Å²) in [5.41, 5.74) is 1.06. The van der Waals surface area contributed by atoms with E-state index in [1.807, 2.05) is 18.2 Å². The van der Waals surface area contributed by atoms with Crippen molar-refractivity contribution in [3.05, 3.63) is 36.4 Å². The predicted octanol–water partition coefficient (Wildman–Crippen LogP) is 3.56. The molecule has 0 unspecified atom stereocenters. The molecule has 0 atom stereocenters. The molecule has 4 nitrogen and oxygen atoms in total. The number of nitrogens with one attached hydrogen (secondary N) is 1. The molecule has 110 valence electrons. The summed E-state index contributed by atoms with van der Waals surface area (Å²) >= 11 is 0. The Hall–Kier alpha value is -2.10. The van der Waals surface area contributed by atoms with Crippen molar-refractivity contribution < 1.29 is 0 Å². The van der Waals surface area contributed by atoms with Crippen LogP contribution in [0, 0.1) is 0 Å². The van der Waals surface area contributed by atoms with Gasteiger partial charge in [0.25, 0.3) is 0 Å². The average Bonchev–Trinajstić information content (AvgIpc) is 3.37. The van der Waals surface area contributed by atoms with Crippen LogP contribution in [-0.2, 0) is 0 Å². The second-order valence-electron chi connectivity index (χ2n) is 5.57. The number of hydrogen-bond acceptors (Lipinski definition) is 4. The Bertz CT molecular complexity index is 593. The fraction of sp³-hybridized carbons (Fsp3) is 0.412. The first-order valence-corrected chi connectivity index (χ1v) is 7.69. The summed E-state index contributed by atoms with van der Waals surface area (Å²) in [6.07, 6.45) is 3.61. The number of nitrogens with zero attached hydrogens (tertiary/aromatic N) is 3. The molecule has 1 aromatic heterocycles. The molecular formula is C17H22N4. The third-order valence-corrected chi connectivity index (χ3v) is 3.76. The molecule has 0 aliphatic heterocycles. The summed E-state index contributed by atoms with van der Waals surface area (Å²) in [7, 11) is 2.12. The summed E-state index contributed by atoms with van der Waals surface area (Å²) in [6.45, 7) is 3.08. The van der Waals surface area contributed by atoms with Crippen LogP contribution < -0.4 is 10.2 Å². The van der Waals surface area contributed by atoms with Gasteiger partial charge in [-0.25, -0.2) is 9.97 Å². The minimum Gasteiger partial charge on any atom is -0.370 e. The highest BCUT2D eigenvalue weighted by Crippen LogP contribution is 2.31. The molecule has 1 aliphatic rings. The monoisotopic (exact) mass is 282 g/mol. The van der Waals surface area contributed by atoms with Gasteiger partial charge in [0.2, 0.25) is 0 Å². The quantitative estimate of drug-likeness (QED) is 0.879. The van der Waals surface area contributed by atoms with Crippen LogP contribution in [0.15, 0.2) is 36.4 Å². The van der Waals surface area contributed by atoms with Crippen LogP contribution in [-0.4, -0.2) is 29.6 Å². The highest BCUT2D eigenvalue weighted by molar-refractivity contribution is 5.62. The number of aromatic nitrogens is 2. The van der Waals surface area contributed by atoms with Gasteiger partial charge < -0.3 is 10.2 Å². The first-order chi connectivity index (χ1) is 10.3. The van der Waals surface area contributed by atoms with Gasteiger partial charge in [-0.15, -0.1) is 0 Å². The highest BCUT2D eigenvalue weighted by atomic mass is 15.2. The standard InChI is InChI=1S/C17H22N4/c1-3-11-18-15-12-16(21(2)14-9-10-14)20-17(19-15)13-7-5-4-6-8-13/h4-8,12,14H,3,9-11H2,1-2H3,(H,18,19,20). The van der Waals surface area contributed by atoms with Gasteiger partial charge in [0, 0.05) is 31.3 Å². The van der Waals surface area contributed by atoms with E-state index in [0.717, 1.165) is 36.0 Å². The molecule has 3 rings (SSSR count). The lowest BCUT2D eigenvalue weighted by Crippen LogP contribution is -2.21. The van der Waals surface area contributed by atoms with Gasteiger partial charge in [-0.2, -0.15) is 0 Å². The molecule has 0 spiro atoms. The Morgan fingerprint density at radius 1 is 1.19 bits per heavy atom. The van der Waals surface area contributed by atoms with Crippen LogP contribution in [0.1, 0.15) is 26.2 Å². The lowest BCUT2D eigenvalue weighted by atomic mass is 10.2. The second-order valence-corrected chi connectivity index (χ2v) is 5.57. The van der Waals surface area contributed by atoms with Crippen molar-refractivity contribution in [3.63, 3.8) is 0 Å². The van der Waals surface area contributed by atoms with Crippen molar-refractivity contribution in [1.29, 1.82) is 0 Å². The van der Waals surface area contributed by atoms with Crippen molar-refractivity contribution in [3.8, 4) is 11.4 Å². The molecule has 21 heavy (non-hydrogen) atoms. The zero-order chi connectivity index (χ0) is 14.7. The normalized spacial score (nSPS) is 14.0. The van der Waals surface area contributed by atoms with Gasteiger partial charge in [-0.1, -0.05) is 37.3 Å². The zero-order valence-corrected chi connectivity index (χ0v) is 12.7. The van der Waals surface area contributed by atoms with E-state index < -0.39 is 0 Å². The lowest BCUT2D eigenvalue weighted by molar-refractivity contribution is 0.885. The molecule has 0 bridgehead atoms. The average molecular weight is 282 g/mol. The Kier molecular flexibility index (Phi) is 4.04.